The molecule has 1 amide bonds. The Morgan fingerprint density at radius 1 is 1.03 bits per heavy atom. The molecule has 3 aromatic rings. The summed E-state index contributed by atoms with van der Waals surface area (Å²) in [4.78, 5) is 17.2. The van der Waals surface area contributed by atoms with Crippen LogP contribution >= 0.6 is 11.8 Å². The van der Waals surface area contributed by atoms with Crippen molar-refractivity contribution in [3.8, 4) is 17.1 Å². The Morgan fingerprint density at radius 3 is 2.47 bits per heavy atom. The normalized spacial score (nSPS) is 14.4. The van der Waals surface area contributed by atoms with Crippen LogP contribution in [0.15, 0.2) is 53.7 Å². The van der Waals surface area contributed by atoms with Crippen molar-refractivity contribution in [2.75, 3.05) is 38.5 Å². The molecular weight excluding hydrogens is 446 g/mol. The van der Waals surface area contributed by atoms with Crippen molar-refractivity contribution >= 4 is 17.7 Å². The zero-order chi connectivity index (χ0) is 23.9. The average Bonchev–Trinajstić information content (AvgIpc) is 3.27. The van der Waals surface area contributed by atoms with E-state index in [1.54, 1.807) is 0 Å². The van der Waals surface area contributed by atoms with Crippen LogP contribution in [-0.4, -0.2) is 69.0 Å². The van der Waals surface area contributed by atoms with Crippen molar-refractivity contribution in [1.29, 1.82) is 0 Å². The molecule has 0 radical (unpaired) electrons. The maximum Gasteiger partial charge on any atom is 0.233 e. The zero-order valence-corrected chi connectivity index (χ0v) is 21.1. The van der Waals surface area contributed by atoms with Gasteiger partial charge in [0.1, 0.15) is 5.75 Å². The first-order valence-corrected chi connectivity index (χ1v) is 12.9. The molecule has 0 saturated carbocycles. The van der Waals surface area contributed by atoms with Gasteiger partial charge in [0, 0.05) is 44.8 Å². The number of aromatic nitrogens is 3. The highest BCUT2D eigenvalue weighted by Crippen LogP contribution is 2.25. The number of carbonyl (C=O) groups is 1. The van der Waals surface area contributed by atoms with Gasteiger partial charge in [-0.2, -0.15) is 0 Å². The summed E-state index contributed by atoms with van der Waals surface area (Å²) in [7, 11) is 0. The van der Waals surface area contributed by atoms with Gasteiger partial charge in [0.25, 0.3) is 0 Å². The van der Waals surface area contributed by atoms with Gasteiger partial charge < -0.3 is 14.2 Å². The second-order valence-corrected chi connectivity index (χ2v) is 9.38. The van der Waals surface area contributed by atoms with E-state index in [1.165, 1.54) is 22.9 Å². The molecule has 8 heteroatoms. The van der Waals surface area contributed by atoms with Gasteiger partial charge in [-0.1, -0.05) is 47.7 Å². The van der Waals surface area contributed by atoms with Gasteiger partial charge in [-0.3, -0.25) is 9.69 Å². The SMILES string of the molecule is CCOc1ccc(CN2CCN(C(=O)CSc3nnc(-c4cccc(C)c4)n3CC)CC2)cc1. The number of thioether (sulfide) groups is 1. The molecule has 0 bridgehead atoms. The maximum atomic E-state index is 12.9. The summed E-state index contributed by atoms with van der Waals surface area (Å²) in [5, 5.41) is 9.57. The van der Waals surface area contributed by atoms with E-state index < -0.39 is 0 Å². The molecule has 1 aliphatic heterocycles. The first-order valence-electron chi connectivity index (χ1n) is 11.9. The molecule has 1 fully saturated rings. The number of amides is 1. The Bertz CT molecular complexity index is 1090. The highest BCUT2D eigenvalue weighted by atomic mass is 32.2. The van der Waals surface area contributed by atoms with E-state index in [2.05, 4.69) is 63.8 Å². The van der Waals surface area contributed by atoms with Crippen molar-refractivity contribution in [1.82, 2.24) is 24.6 Å². The third-order valence-electron chi connectivity index (χ3n) is 6.00. The van der Waals surface area contributed by atoms with Crippen molar-refractivity contribution in [3.63, 3.8) is 0 Å². The van der Waals surface area contributed by atoms with Gasteiger partial charge in [0.05, 0.1) is 12.4 Å². The smallest absolute Gasteiger partial charge is 0.233 e. The third-order valence-corrected chi connectivity index (χ3v) is 6.95. The molecule has 0 spiro atoms. The lowest BCUT2D eigenvalue weighted by Gasteiger charge is -2.34. The van der Waals surface area contributed by atoms with E-state index in [0.717, 1.165) is 61.6 Å². The molecule has 2 heterocycles. The van der Waals surface area contributed by atoms with Crippen LogP contribution in [0.5, 0.6) is 5.75 Å². The van der Waals surface area contributed by atoms with Gasteiger partial charge in [0.2, 0.25) is 5.91 Å². The second-order valence-electron chi connectivity index (χ2n) is 8.44. The number of ether oxygens (including phenoxy) is 1. The molecule has 180 valence electrons. The van der Waals surface area contributed by atoms with Crippen molar-refractivity contribution < 1.29 is 9.53 Å². The number of hydrogen-bond donors (Lipinski definition) is 0. The van der Waals surface area contributed by atoms with Crippen LogP contribution in [0.4, 0.5) is 0 Å². The second kappa shape index (κ2) is 11.5. The average molecular weight is 480 g/mol. The van der Waals surface area contributed by atoms with Crippen LogP contribution < -0.4 is 4.74 Å². The summed E-state index contributed by atoms with van der Waals surface area (Å²) in [5.41, 5.74) is 3.51. The van der Waals surface area contributed by atoms with Crippen molar-refractivity contribution in [3.05, 3.63) is 59.7 Å². The third kappa shape index (κ3) is 5.98. The predicted molar refractivity (Wildman–Crippen MR) is 136 cm³/mol. The van der Waals surface area contributed by atoms with Gasteiger partial charge in [-0.25, -0.2) is 0 Å². The van der Waals surface area contributed by atoms with Crippen LogP contribution in [0.1, 0.15) is 25.0 Å². The van der Waals surface area contributed by atoms with Crippen molar-refractivity contribution in [2.24, 2.45) is 0 Å². The fraction of sp³-hybridized carbons (Fsp3) is 0.423. The maximum absolute atomic E-state index is 12.9. The van der Waals surface area contributed by atoms with E-state index in [9.17, 15) is 4.79 Å². The van der Waals surface area contributed by atoms with Gasteiger partial charge in [-0.15, -0.1) is 10.2 Å². The van der Waals surface area contributed by atoms with E-state index >= 15 is 0 Å². The summed E-state index contributed by atoms with van der Waals surface area (Å²) >= 11 is 1.47. The largest absolute Gasteiger partial charge is 0.494 e. The Labute approximate surface area is 206 Å². The Kier molecular flexibility index (Phi) is 8.24. The van der Waals surface area contributed by atoms with Crippen LogP contribution in [-0.2, 0) is 17.9 Å². The Balaban J connectivity index is 1.27. The van der Waals surface area contributed by atoms with E-state index in [4.69, 9.17) is 4.74 Å². The lowest BCUT2D eigenvalue weighted by atomic mass is 10.1. The van der Waals surface area contributed by atoms with E-state index in [0.29, 0.717) is 12.4 Å². The van der Waals surface area contributed by atoms with E-state index in [1.807, 2.05) is 30.0 Å². The van der Waals surface area contributed by atoms with Crippen LogP contribution in [0.3, 0.4) is 0 Å². The van der Waals surface area contributed by atoms with Gasteiger partial charge >= 0.3 is 0 Å². The number of hydrogen-bond acceptors (Lipinski definition) is 6. The number of aryl methyl sites for hydroxylation is 1. The molecule has 0 unspecified atom stereocenters. The summed E-state index contributed by atoms with van der Waals surface area (Å²) in [5.74, 6) is 2.30. The first-order chi connectivity index (χ1) is 16.6. The monoisotopic (exact) mass is 479 g/mol. The summed E-state index contributed by atoms with van der Waals surface area (Å²) in [6.07, 6.45) is 0. The zero-order valence-electron chi connectivity index (χ0n) is 20.2. The number of carbonyl (C=O) groups excluding carboxylic acids is 1. The fourth-order valence-corrected chi connectivity index (χ4v) is 5.07. The molecule has 1 saturated heterocycles. The highest BCUT2D eigenvalue weighted by Gasteiger charge is 2.22. The highest BCUT2D eigenvalue weighted by molar-refractivity contribution is 7.99. The van der Waals surface area contributed by atoms with Crippen LogP contribution in [0.25, 0.3) is 11.4 Å². The Morgan fingerprint density at radius 2 is 1.79 bits per heavy atom. The molecule has 2 aromatic carbocycles. The number of rotatable bonds is 9. The number of benzene rings is 2. The summed E-state index contributed by atoms with van der Waals surface area (Å²) in [6.45, 7) is 11.8. The molecule has 34 heavy (non-hydrogen) atoms. The Hall–Kier alpha value is -2.84. The molecular formula is C26H33N5O2S. The predicted octanol–water partition coefficient (Wildman–Crippen LogP) is 4.11. The molecule has 0 aliphatic carbocycles. The molecule has 1 aromatic heterocycles. The summed E-state index contributed by atoms with van der Waals surface area (Å²) < 4.78 is 7.60. The van der Waals surface area contributed by atoms with Crippen molar-refractivity contribution in [2.45, 2.75) is 39.0 Å². The number of nitrogens with zero attached hydrogens (tertiary/aromatic N) is 5. The van der Waals surface area contributed by atoms with Crippen LogP contribution in [0, 0.1) is 6.92 Å². The molecule has 0 atom stereocenters. The van der Waals surface area contributed by atoms with Gasteiger partial charge in [0.15, 0.2) is 11.0 Å². The molecule has 1 aliphatic rings. The lowest BCUT2D eigenvalue weighted by Crippen LogP contribution is -2.48. The minimum Gasteiger partial charge on any atom is -0.494 e. The van der Waals surface area contributed by atoms with E-state index in [-0.39, 0.29) is 5.91 Å². The van der Waals surface area contributed by atoms with Crippen LogP contribution in [0.2, 0.25) is 0 Å². The van der Waals surface area contributed by atoms with Gasteiger partial charge in [-0.05, 0) is 44.5 Å². The lowest BCUT2D eigenvalue weighted by molar-refractivity contribution is -0.130. The molecule has 4 rings (SSSR count). The fourth-order valence-electron chi connectivity index (χ4n) is 4.17. The number of piperazine rings is 1. The first kappa shape index (κ1) is 24.3. The minimum atomic E-state index is 0.161. The standard InChI is InChI=1S/C26H33N5O2S/c1-4-31-25(22-8-6-7-20(3)17-22)27-28-26(31)34-19-24(32)30-15-13-29(14-16-30)18-21-9-11-23(12-10-21)33-5-2/h6-12,17H,4-5,13-16,18-19H2,1-3H3. The summed E-state index contributed by atoms with van der Waals surface area (Å²) in [6, 6.07) is 16.6. The quantitative estimate of drug-likeness (QED) is 0.431. The molecule has 0 N–H and O–H groups in total. The minimum absolute atomic E-state index is 0.161. The molecule has 7 nitrogen and oxygen atoms in total. The topological polar surface area (TPSA) is 63.5 Å².